The van der Waals surface area contributed by atoms with E-state index in [1.165, 1.54) is 0 Å². The van der Waals surface area contributed by atoms with Gasteiger partial charge in [0.2, 0.25) is 0 Å². The van der Waals surface area contributed by atoms with Gasteiger partial charge in [-0.05, 0) is 0 Å². The third-order valence-corrected chi connectivity index (χ3v) is 4.31. The van der Waals surface area contributed by atoms with E-state index in [2.05, 4.69) is 30.3 Å². The van der Waals surface area contributed by atoms with Gasteiger partial charge in [-0.15, -0.1) is 5.10 Å². The highest BCUT2D eigenvalue weighted by molar-refractivity contribution is 9.09. The van der Waals surface area contributed by atoms with Crippen molar-refractivity contribution in [2.45, 2.75) is 4.90 Å². The molecule has 0 unspecified atom stereocenters. The molecule has 96 valence electrons. The fraction of sp³-hybridized carbons (Fsp3) is 0.333. The number of halogens is 1. The van der Waals surface area contributed by atoms with Gasteiger partial charge in [0.05, 0.1) is 11.9 Å². The van der Waals surface area contributed by atoms with Gasteiger partial charge in [0.25, 0.3) is 16.0 Å². The van der Waals surface area contributed by atoms with Crippen molar-refractivity contribution in [2.75, 3.05) is 11.1 Å². The molecule has 0 aromatic carbocycles. The summed E-state index contributed by atoms with van der Waals surface area (Å²) in [6, 6.07) is 0.758. The Hall–Kier alpha value is -0.780. The lowest BCUT2D eigenvalue weighted by Gasteiger charge is -2.04. The molecule has 1 heterocycles. The Balaban J connectivity index is 3.03. The van der Waals surface area contributed by atoms with Gasteiger partial charge in [0.1, 0.15) is 4.90 Å². The van der Waals surface area contributed by atoms with Gasteiger partial charge in [0, 0.05) is 11.4 Å². The highest BCUT2D eigenvalue weighted by atomic mass is 79.9. The lowest BCUT2D eigenvalue weighted by Crippen LogP contribution is -2.16. The summed E-state index contributed by atoms with van der Waals surface area (Å²) < 4.78 is 57.1. The molecule has 1 aromatic rings. The summed E-state index contributed by atoms with van der Waals surface area (Å²) in [6.45, 7) is 0. The molecule has 0 radical (unpaired) electrons. The second-order valence-corrected chi connectivity index (χ2v) is 6.64. The molecule has 0 aliphatic heterocycles. The van der Waals surface area contributed by atoms with E-state index in [0.29, 0.717) is 0 Å². The molecule has 0 bridgehead atoms. The van der Waals surface area contributed by atoms with Crippen LogP contribution in [0, 0.1) is 0 Å². The van der Waals surface area contributed by atoms with Gasteiger partial charge in [0.15, 0.2) is 0 Å². The van der Waals surface area contributed by atoms with Crippen LogP contribution in [0.3, 0.4) is 0 Å². The van der Waals surface area contributed by atoms with E-state index < -0.39 is 31.0 Å². The molecule has 0 aliphatic rings. The smallest absolute Gasteiger partial charge is 0.311 e. The third-order valence-electron chi connectivity index (χ3n) is 1.44. The number of rotatable bonds is 5. The zero-order chi connectivity index (χ0) is 13.1. The minimum Gasteiger partial charge on any atom is -0.360 e. The van der Waals surface area contributed by atoms with Crippen molar-refractivity contribution in [1.82, 2.24) is 10.2 Å². The summed E-state index contributed by atoms with van der Waals surface area (Å²) in [5.41, 5.74) is 0. The Bertz CT molecular complexity index is 599. The zero-order valence-electron chi connectivity index (χ0n) is 8.15. The lowest BCUT2D eigenvalue weighted by molar-refractivity contribution is 0.464. The van der Waals surface area contributed by atoms with Crippen LogP contribution in [-0.2, 0) is 20.2 Å². The van der Waals surface area contributed by atoms with Crippen LogP contribution in [0.15, 0.2) is 17.2 Å². The summed E-state index contributed by atoms with van der Waals surface area (Å²) in [7, 11) is -8.35. The molecule has 1 rings (SSSR count). The van der Waals surface area contributed by atoms with E-state index in [-0.39, 0.29) is 11.1 Å². The molecule has 0 aliphatic carbocycles. The van der Waals surface area contributed by atoms with Crippen LogP contribution in [0.2, 0.25) is 0 Å². The standard InChI is InChI=1S/C6H7BrN2O6S2/c7-1-2-16(10,11)15-6-3-5(4-8-9-6)17(12,13)14/h3-4H,1-2H2,(H,12,13,14). The molecular weight excluding hydrogens is 340 g/mol. The molecule has 0 saturated carbocycles. The van der Waals surface area contributed by atoms with Crippen molar-refractivity contribution in [3.63, 3.8) is 0 Å². The van der Waals surface area contributed by atoms with E-state index in [9.17, 15) is 16.8 Å². The molecule has 8 nitrogen and oxygen atoms in total. The lowest BCUT2D eigenvalue weighted by atomic mass is 10.6. The van der Waals surface area contributed by atoms with Crippen LogP contribution in [0.4, 0.5) is 0 Å². The van der Waals surface area contributed by atoms with E-state index >= 15 is 0 Å². The maximum Gasteiger partial charge on any atom is 0.311 e. The number of hydrogen-bond acceptors (Lipinski definition) is 7. The first-order valence-electron chi connectivity index (χ1n) is 4.03. The fourth-order valence-corrected chi connectivity index (χ4v) is 3.01. The van der Waals surface area contributed by atoms with Crippen LogP contribution < -0.4 is 4.18 Å². The second-order valence-electron chi connectivity index (χ2n) is 2.74. The van der Waals surface area contributed by atoms with Crippen molar-refractivity contribution in [3.8, 4) is 5.88 Å². The van der Waals surface area contributed by atoms with Gasteiger partial charge in [-0.2, -0.15) is 21.9 Å². The highest BCUT2D eigenvalue weighted by Gasteiger charge is 2.16. The van der Waals surface area contributed by atoms with Crippen LogP contribution in [-0.4, -0.2) is 42.7 Å². The molecule has 0 atom stereocenters. The Morgan fingerprint density at radius 3 is 2.53 bits per heavy atom. The third kappa shape index (κ3) is 4.53. The molecule has 0 spiro atoms. The normalized spacial score (nSPS) is 12.4. The minimum atomic E-state index is -4.48. The predicted molar refractivity (Wildman–Crippen MR) is 60.1 cm³/mol. The van der Waals surface area contributed by atoms with Crippen LogP contribution in [0.5, 0.6) is 5.88 Å². The molecule has 1 aromatic heterocycles. The van der Waals surface area contributed by atoms with Crippen molar-refractivity contribution in [3.05, 3.63) is 12.3 Å². The van der Waals surface area contributed by atoms with Crippen molar-refractivity contribution in [2.24, 2.45) is 0 Å². The first-order valence-corrected chi connectivity index (χ1v) is 8.17. The van der Waals surface area contributed by atoms with Crippen LogP contribution in [0.1, 0.15) is 0 Å². The van der Waals surface area contributed by atoms with E-state index in [0.717, 1.165) is 12.3 Å². The molecular formula is C6H7BrN2O6S2. The summed E-state index contributed by atoms with van der Waals surface area (Å²) in [5, 5.41) is 6.64. The van der Waals surface area contributed by atoms with Gasteiger partial charge in [-0.25, -0.2) is 0 Å². The Labute approximate surface area is 106 Å². The molecule has 11 heteroatoms. The summed E-state index contributed by atoms with van der Waals surface area (Å²) in [4.78, 5) is -0.600. The fourth-order valence-electron chi connectivity index (χ4n) is 0.779. The maximum atomic E-state index is 11.2. The largest absolute Gasteiger partial charge is 0.360 e. The Morgan fingerprint density at radius 2 is 2.00 bits per heavy atom. The van der Waals surface area contributed by atoms with E-state index in [1.807, 2.05) is 0 Å². The SMILES string of the molecule is O=S(=O)(CCBr)Oc1cc(S(=O)(=O)O)cnn1. The first kappa shape index (κ1) is 14.3. The first-order chi connectivity index (χ1) is 7.74. The van der Waals surface area contributed by atoms with Gasteiger partial charge in [-0.3, -0.25) is 4.55 Å². The van der Waals surface area contributed by atoms with E-state index in [4.69, 9.17) is 4.55 Å². The molecule has 0 saturated heterocycles. The average molecular weight is 347 g/mol. The molecule has 0 fully saturated rings. The van der Waals surface area contributed by atoms with Crippen molar-refractivity contribution < 1.29 is 25.6 Å². The number of aromatic nitrogens is 2. The topological polar surface area (TPSA) is 124 Å². The summed E-state index contributed by atoms with van der Waals surface area (Å²) >= 11 is 2.91. The minimum absolute atomic E-state index is 0.154. The molecule has 1 N–H and O–H groups in total. The number of hydrogen-bond donors (Lipinski definition) is 1. The van der Waals surface area contributed by atoms with Crippen LogP contribution in [0.25, 0.3) is 0 Å². The van der Waals surface area contributed by atoms with Gasteiger partial charge < -0.3 is 4.18 Å². The summed E-state index contributed by atoms with van der Waals surface area (Å²) in [6.07, 6.45) is 0.763. The average Bonchev–Trinajstić information content (AvgIpc) is 2.15. The second kappa shape index (κ2) is 5.25. The Kier molecular flexibility index (Phi) is 4.41. The number of nitrogens with zero attached hydrogens (tertiary/aromatic N) is 2. The van der Waals surface area contributed by atoms with Crippen molar-refractivity contribution >= 4 is 36.2 Å². The van der Waals surface area contributed by atoms with Gasteiger partial charge in [-0.1, -0.05) is 15.9 Å². The highest BCUT2D eigenvalue weighted by Crippen LogP contribution is 2.14. The van der Waals surface area contributed by atoms with Gasteiger partial charge >= 0.3 is 10.1 Å². The zero-order valence-corrected chi connectivity index (χ0v) is 11.4. The monoisotopic (exact) mass is 346 g/mol. The predicted octanol–water partition coefficient (Wildman–Crippen LogP) is -0.173. The maximum absolute atomic E-state index is 11.2. The molecule has 17 heavy (non-hydrogen) atoms. The van der Waals surface area contributed by atoms with Crippen LogP contribution >= 0.6 is 15.9 Å². The number of alkyl halides is 1. The summed E-state index contributed by atoms with van der Waals surface area (Å²) in [5.74, 6) is -0.841. The van der Waals surface area contributed by atoms with E-state index in [1.54, 1.807) is 0 Å². The molecule has 0 amide bonds. The van der Waals surface area contributed by atoms with Crippen molar-refractivity contribution in [1.29, 1.82) is 0 Å². The Morgan fingerprint density at radius 1 is 1.35 bits per heavy atom. The quantitative estimate of drug-likeness (QED) is 0.442.